The molecule has 1 aromatic carbocycles. The third kappa shape index (κ3) is 1.92. The molecular weight excluding hydrogens is 224 g/mol. The Bertz CT molecular complexity index is 660. The first-order valence-corrected chi connectivity index (χ1v) is 4.73. The first-order valence-electron chi connectivity index (χ1n) is 4.73. The fourth-order valence-corrected chi connectivity index (χ4v) is 1.42. The summed E-state index contributed by atoms with van der Waals surface area (Å²) in [5.74, 6) is -0.923. The molecular formula is C11H8N2O4. The number of nitrogens with zero attached hydrogens (tertiary/aromatic N) is 1. The zero-order valence-electron chi connectivity index (χ0n) is 8.89. The topological polar surface area (TPSA) is 89.1 Å². The van der Waals surface area contributed by atoms with E-state index in [9.17, 15) is 14.4 Å². The van der Waals surface area contributed by atoms with Crippen molar-refractivity contribution >= 4 is 23.2 Å². The Hall–Kier alpha value is -2.50. The molecule has 0 fully saturated rings. The Morgan fingerprint density at radius 3 is 2.88 bits per heavy atom. The predicted molar refractivity (Wildman–Crippen MR) is 59.1 cm³/mol. The van der Waals surface area contributed by atoms with Gasteiger partial charge in [0.2, 0.25) is 5.82 Å². The average molecular weight is 232 g/mol. The van der Waals surface area contributed by atoms with E-state index < -0.39 is 11.5 Å². The number of carbonyl (C=O) groups is 2. The van der Waals surface area contributed by atoms with Crippen LogP contribution in [-0.2, 0) is 4.74 Å². The van der Waals surface area contributed by atoms with Gasteiger partial charge in [-0.3, -0.25) is 9.59 Å². The van der Waals surface area contributed by atoms with Crippen molar-refractivity contribution in [2.24, 2.45) is 0 Å². The molecule has 0 aliphatic carbocycles. The minimum atomic E-state index is -0.736. The third-order valence-corrected chi connectivity index (χ3v) is 2.25. The van der Waals surface area contributed by atoms with E-state index in [1.165, 1.54) is 25.3 Å². The normalized spacial score (nSPS) is 10.2. The quantitative estimate of drug-likeness (QED) is 0.602. The molecule has 0 amide bonds. The van der Waals surface area contributed by atoms with Gasteiger partial charge in [-0.2, -0.15) is 0 Å². The van der Waals surface area contributed by atoms with Gasteiger partial charge in [0.1, 0.15) is 6.29 Å². The number of carbonyl (C=O) groups excluding carboxylic acids is 2. The highest BCUT2D eigenvalue weighted by Gasteiger charge is 2.11. The summed E-state index contributed by atoms with van der Waals surface area (Å²) in [6.45, 7) is 0. The van der Waals surface area contributed by atoms with Crippen LogP contribution in [-0.4, -0.2) is 29.3 Å². The Kier molecular flexibility index (Phi) is 2.70. The maximum atomic E-state index is 11.6. The van der Waals surface area contributed by atoms with E-state index in [2.05, 4.69) is 14.7 Å². The minimum absolute atomic E-state index is 0.187. The number of esters is 1. The van der Waals surface area contributed by atoms with Crippen molar-refractivity contribution in [1.82, 2.24) is 9.97 Å². The average Bonchev–Trinajstić information content (AvgIpc) is 2.36. The summed E-state index contributed by atoms with van der Waals surface area (Å²) < 4.78 is 4.46. The van der Waals surface area contributed by atoms with Gasteiger partial charge < -0.3 is 9.72 Å². The van der Waals surface area contributed by atoms with Crippen LogP contribution in [0.2, 0.25) is 0 Å². The standard InChI is InChI=1S/C11H8N2O4/c1-17-11(16)9-12-8-4-6(5-14)2-3-7(8)10(15)13-9/h2-5H,1H3,(H,12,13,15). The molecule has 0 radical (unpaired) electrons. The van der Waals surface area contributed by atoms with Crippen LogP contribution in [0.5, 0.6) is 0 Å². The fourth-order valence-electron chi connectivity index (χ4n) is 1.42. The van der Waals surface area contributed by atoms with E-state index in [1.54, 1.807) is 0 Å². The zero-order valence-corrected chi connectivity index (χ0v) is 8.89. The summed E-state index contributed by atoms with van der Waals surface area (Å²) in [4.78, 5) is 39.7. The first kappa shape index (κ1) is 11.0. The summed E-state index contributed by atoms with van der Waals surface area (Å²) in [6, 6.07) is 4.42. The smallest absolute Gasteiger partial charge is 0.374 e. The highest BCUT2D eigenvalue weighted by Crippen LogP contribution is 2.09. The molecule has 2 aromatic rings. The summed E-state index contributed by atoms with van der Waals surface area (Å²) in [5.41, 5.74) is 0.206. The minimum Gasteiger partial charge on any atom is -0.463 e. The van der Waals surface area contributed by atoms with E-state index in [0.717, 1.165) is 0 Å². The van der Waals surface area contributed by atoms with Crippen LogP contribution < -0.4 is 5.56 Å². The van der Waals surface area contributed by atoms with Gasteiger partial charge in [0.15, 0.2) is 0 Å². The molecule has 1 aromatic heterocycles. The van der Waals surface area contributed by atoms with Crippen LogP contribution in [0.3, 0.4) is 0 Å². The van der Waals surface area contributed by atoms with Crippen molar-refractivity contribution < 1.29 is 14.3 Å². The largest absolute Gasteiger partial charge is 0.463 e. The molecule has 1 N–H and O–H groups in total. The lowest BCUT2D eigenvalue weighted by Gasteiger charge is -2.01. The lowest BCUT2D eigenvalue weighted by atomic mass is 10.2. The number of benzene rings is 1. The van der Waals surface area contributed by atoms with Crippen molar-refractivity contribution in [1.29, 1.82) is 0 Å². The van der Waals surface area contributed by atoms with Crippen molar-refractivity contribution in [3.63, 3.8) is 0 Å². The Morgan fingerprint density at radius 2 is 2.24 bits per heavy atom. The SMILES string of the molecule is COC(=O)c1nc2cc(C=O)ccc2c(=O)[nH]1. The van der Waals surface area contributed by atoms with Crippen LogP contribution in [0.25, 0.3) is 10.9 Å². The second-order valence-corrected chi connectivity index (χ2v) is 3.30. The number of nitrogens with one attached hydrogen (secondary N) is 1. The Labute approximate surface area is 95.2 Å². The van der Waals surface area contributed by atoms with Crippen molar-refractivity contribution in [3.05, 3.63) is 39.9 Å². The third-order valence-electron chi connectivity index (χ3n) is 2.25. The van der Waals surface area contributed by atoms with E-state index in [-0.39, 0.29) is 11.3 Å². The Balaban J connectivity index is 2.74. The molecule has 1 heterocycles. The molecule has 6 heteroatoms. The second-order valence-electron chi connectivity index (χ2n) is 3.30. The summed E-state index contributed by atoms with van der Waals surface area (Å²) >= 11 is 0. The van der Waals surface area contributed by atoms with E-state index >= 15 is 0 Å². The maximum Gasteiger partial charge on any atom is 0.374 e. The lowest BCUT2D eigenvalue weighted by molar-refractivity contribution is 0.0587. The van der Waals surface area contributed by atoms with Gasteiger partial charge in [0, 0.05) is 5.56 Å². The first-order chi connectivity index (χ1) is 8.15. The highest BCUT2D eigenvalue weighted by atomic mass is 16.5. The van der Waals surface area contributed by atoms with Gasteiger partial charge in [-0.25, -0.2) is 9.78 Å². The molecule has 17 heavy (non-hydrogen) atoms. The molecule has 2 rings (SSSR count). The number of rotatable bonds is 2. The molecule has 6 nitrogen and oxygen atoms in total. The van der Waals surface area contributed by atoms with E-state index in [0.29, 0.717) is 17.2 Å². The van der Waals surface area contributed by atoms with Gasteiger partial charge in [-0.05, 0) is 12.1 Å². The summed E-state index contributed by atoms with van der Waals surface area (Å²) in [7, 11) is 1.19. The number of hydrogen-bond acceptors (Lipinski definition) is 5. The number of ether oxygens (including phenoxy) is 1. The van der Waals surface area contributed by atoms with Crippen LogP contribution in [0, 0.1) is 0 Å². The van der Waals surface area contributed by atoms with Crippen molar-refractivity contribution in [2.45, 2.75) is 0 Å². The van der Waals surface area contributed by atoms with Gasteiger partial charge in [0.25, 0.3) is 5.56 Å². The molecule has 86 valence electrons. The highest BCUT2D eigenvalue weighted by molar-refractivity contribution is 5.90. The molecule has 0 saturated heterocycles. The van der Waals surface area contributed by atoms with Crippen LogP contribution in [0.1, 0.15) is 21.0 Å². The summed E-state index contributed by atoms with van der Waals surface area (Å²) in [5, 5.41) is 0.309. The number of H-pyrrole nitrogens is 1. The number of aromatic nitrogens is 2. The second kappa shape index (κ2) is 4.17. The molecule has 0 unspecified atom stereocenters. The molecule has 0 saturated carbocycles. The lowest BCUT2D eigenvalue weighted by Crippen LogP contribution is -2.16. The molecule has 0 spiro atoms. The molecule has 0 aliphatic heterocycles. The van der Waals surface area contributed by atoms with E-state index in [1.807, 2.05) is 0 Å². The van der Waals surface area contributed by atoms with E-state index in [4.69, 9.17) is 0 Å². The zero-order chi connectivity index (χ0) is 12.4. The fraction of sp³-hybridized carbons (Fsp3) is 0.0909. The predicted octanol–water partition coefficient (Wildman–Crippen LogP) is 0.522. The Morgan fingerprint density at radius 1 is 1.47 bits per heavy atom. The number of aldehydes is 1. The van der Waals surface area contributed by atoms with Crippen LogP contribution >= 0.6 is 0 Å². The number of aromatic amines is 1. The van der Waals surface area contributed by atoms with Gasteiger partial charge in [0.05, 0.1) is 18.0 Å². The molecule has 0 aliphatic rings. The van der Waals surface area contributed by atoms with Crippen molar-refractivity contribution in [3.8, 4) is 0 Å². The van der Waals surface area contributed by atoms with Gasteiger partial charge >= 0.3 is 5.97 Å². The van der Waals surface area contributed by atoms with Gasteiger partial charge in [-0.1, -0.05) is 6.07 Å². The van der Waals surface area contributed by atoms with Crippen LogP contribution in [0.4, 0.5) is 0 Å². The maximum absolute atomic E-state index is 11.6. The molecule has 0 atom stereocenters. The number of hydrogen-bond donors (Lipinski definition) is 1. The molecule has 0 bridgehead atoms. The van der Waals surface area contributed by atoms with Crippen molar-refractivity contribution in [2.75, 3.05) is 7.11 Å². The summed E-state index contributed by atoms with van der Waals surface area (Å²) in [6.07, 6.45) is 0.639. The van der Waals surface area contributed by atoms with Gasteiger partial charge in [-0.15, -0.1) is 0 Å². The van der Waals surface area contributed by atoms with Crippen LogP contribution in [0.15, 0.2) is 23.0 Å². The monoisotopic (exact) mass is 232 g/mol. The number of methoxy groups -OCH3 is 1. The number of fused-ring (bicyclic) bond motifs is 1.